The molecule has 1 aromatic heterocycles. The average molecular weight is 688 g/mol. The Kier molecular flexibility index (Phi) is 9.92. The number of hydrogen-bond acceptors (Lipinski definition) is 8. The first-order valence-electron chi connectivity index (χ1n) is 16.7. The Morgan fingerprint density at radius 2 is 1.71 bits per heavy atom. The van der Waals surface area contributed by atoms with Crippen molar-refractivity contribution in [3.05, 3.63) is 82.1 Å². The van der Waals surface area contributed by atoms with Crippen LogP contribution in [0.1, 0.15) is 90.1 Å². The van der Waals surface area contributed by atoms with Gasteiger partial charge in [0.1, 0.15) is 17.2 Å². The van der Waals surface area contributed by atoms with Gasteiger partial charge in [0, 0.05) is 12.6 Å². The Labute approximate surface area is 289 Å². The van der Waals surface area contributed by atoms with Gasteiger partial charge in [-0.15, -0.1) is 0 Å². The van der Waals surface area contributed by atoms with E-state index in [1.165, 1.54) is 13.2 Å². The standard InChI is InChI=1S/C38H42FN3O6S/c1-23-32(33(49-42-23)35(44)40-22-37(2)15-8-16-37)41-34(43)28-19-31(29(39)20-30(28)46-4)48-26-13-17-38(3,18-14-26)36(45)47-21-25-11-7-10-24-9-5-6-12-27(24)25/h5-7,9-12,19-20,26H,8,13-18,21-22H2,1-4H3,(H,40,44)(H,41,43). The number of carbonyl (C=O) groups is 3. The largest absolute Gasteiger partial charge is 0.496 e. The van der Waals surface area contributed by atoms with Crippen LogP contribution < -0.4 is 20.1 Å². The van der Waals surface area contributed by atoms with Crippen LogP contribution in [-0.4, -0.2) is 41.9 Å². The number of esters is 1. The summed E-state index contributed by atoms with van der Waals surface area (Å²) < 4.78 is 36.8. The van der Waals surface area contributed by atoms with Gasteiger partial charge in [-0.2, -0.15) is 4.37 Å². The summed E-state index contributed by atoms with van der Waals surface area (Å²) in [6.07, 6.45) is 4.93. The van der Waals surface area contributed by atoms with Crippen LogP contribution in [0.5, 0.6) is 11.5 Å². The lowest BCUT2D eigenvalue weighted by molar-refractivity contribution is -0.159. The number of nitrogens with zero attached hydrogens (tertiary/aromatic N) is 1. The molecular weight excluding hydrogens is 645 g/mol. The number of aromatic nitrogens is 1. The minimum absolute atomic E-state index is 0.0252. The van der Waals surface area contributed by atoms with Crippen LogP contribution >= 0.6 is 11.5 Å². The molecule has 0 radical (unpaired) electrons. The van der Waals surface area contributed by atoms with Crippen LogP contribution in [0.2, 0.25) is 0 Å². The molecule has 0 saturated heterocycles. The predicted octanol–water partition coefficient (Wildman–Crippen LogP) is 8.00. The van der Waals surface area contributed by atoms with Crippen LogP contribution in [0, 0.1) is 23.6 Å². The van der Waals surface area contributed by atoms with Crippen LogP contribution in [-0.2, 0) is 16.1 Å². The lowest BCUT2D eigenvalue weighted by atomic mass is 9.70. The molecule has 0 unspecified atom stereocenters. The number of amides is 2. The van der Waals surface area contributed by atoms with Gasteiger partial charge in [0.2, 0.25) is 0 Å². The van der Waals surface area contributed by atoms with E-state index in [0.717, 1.165) is 53.2 Å². The van der Waals surface area contributed by atoms with Crippen molar-refractivity contribution in [2.45, 2.75) is 78.4 Å². The second kappa shape index (κ2) is 14.2. The Hall–Kier alpha value is -4.51. The van der Waals surface area contributed by atoms with E-state index in [4.69, 9.17) is 14.2 Å². The molecule has 49 heavy (non-hydrogen) atoms. The van der Waals surface area contributed by atoms with Gasteiger partial charge >= 0.3 is 5.97 Å². The van der Waals surface area contributed by atoms with E-state index in [1.807, 2.05) is 49.4 Å². The maximum absolute atomic E-state index is 15.2. The zero-order valence-electron chi connectivity index (χ0n) is 28.3. The third-order valence-electron chi connectivity index (χ3n) is 10.1. The first-order valence-corrected chi connectivity index (χ1v) is 17.5. The molecule has 0 atom stereocenters. The summed E-state index contributed by atoms with van der Waals surface area (Å²) in [4.78, 5) is 40.2. The van der Waals surface area contributed by atoms with Crippen molar-refractivity contribution in [1.82, 2.24) is 9.69 Å². The molecule has 4 aromatic rings. The third kappa shape index (κ3) is 7.41. The summed E-state index contributed by atoms with van der Waals surface area (Å²) in [6.45, 7) is 6.49. The van der Waals surface area contributed by atoms with Gasteiger partial charge < -0.3 is 24.8 Å². The predicted molar refractivity (Wildman–Crippen MR) is 187 cm³/mol. The molecular formula is C38H42FN3O6S. The summed E-state index contributed by atoms with van der Waals surface area (Å²) in [5, 5.41) is 7.93. The maximum atomic E-state index is 15.2. The molecule has 2 amide bonds. The average Bonchev–Trinajstić information content (AvgIpc) is 3.45. The molecule has 2 aliphatic rings. The molecule has 0 bridgehead atoms. The van der Waals surface area contributed by atoms with Gasteiger partial charge in [-0.25, -0.2) is 4.39 Å². The van der Waals surface area contributed by atoms with E-state index in [9.17, 15) is 14.4 Å². The Morgan fingerprint density at radius 3 is 2.43 bits per heavy atom. The lowest BCUT2D eigenvalue weighted by Crippen LogP contribution is -2.39. The van der Waals surface area contributed by atoms with Crippen LogP contribution in [0.4, 0.5) is 10.1 Å². The van der Waals surface area contributed by atoms with E-state index in [2.05, 4.69) is 21.9 Å². The van der Waals surface area contributed by atoms with Crippen molar-refractivity contribution in [2.24, 2.45) is 10.8 Å². The fourth-order valence-corrected chi connectivity index (χ4v) is 7.39. The van der Waals surface area contributed by atoms with Crippen molar-refractivity contribution in [3.63, 3.8) is 0 Å². The highest BCUT2D eigenvalue weighted by molar-refractivity contribution is 7.08. The molecule has 9 nitrogen and oxygen atoms in total. The molecule has 2 saturated carbocycles. The first-order chi connectivity index (χ1) is 23.5. The van der Waals surface area contributed by atoms with Crippen molar-refractivity contribution in [1.29, 1.82) is 0 Å². The molecule has 0 aliphatic heterocycles. The number of carbonyl (C=O) groups excluding carboxylic acids is 3. The second-order valence-electron chi connectivity index (χ2n) is 13.8. The monoisotopic (exact) mass is 687 g/mol. The zero-order chi connectivity index (χ0) is 34.8. The lowest BCUT2D eigenvalue weighted by Gasteiger charge is -2.38. The smallest absolute Gasteiger partial charge is 0.312 e. The number of hydrogen-bond donors (Lipinski definition) is 2. The van der Waals surface area contributed by atoms with E-state index in [-0.39, 0.29) is 47.1 Å². The normalized spacial score (nSPS) is 19.8. The second-order valence-corrected chi connectivity index (χ2v) is 14.6. The Balaban J connectivity index is 1.09. The maximum Gasteiger partial charge on any atom is 0.312 e. The van der Waals surface area contributed by atoms with Gasteiger partial charge in [-0.1, -0.05) is 55.8 Å². The third-order valence-corrected chi connectivity index (χ3v) is 11.0. The fourth-order valence-electron chi connectivity index (χ4n) is 6.62. The summed E-state index contributed by atoms with van der Waals surface area (Å²) in [6, 6.07) is 16.4. The summed E-state index contributed by atoms with van der Waals surface area (Å²) in [5.41, 5.74) is 1.20. The molecule has 1 heterocycles. The van der Waals surface area contributed by atoms with E-state index in [1.54, 1.807) is 6.92 Å². The quantitative estimate of drug-likeness (QED) is 0.154. The number of fused-ring (bicyclic) bond motifs is 1. The highest BCUT2D eigenvalue weighted by Crippen LogP contribution is 2.41. The number of anilines is 1. The van der Waals surface area contributed by atoms with Gasteiger partial charge in [0.25, 0.3) is 11.8 Å². The number of aryl methyl sites for hydroxylation is 1. The van der Waals surface area contributed by atoms with Crippen molar-refractivity contribution in [2.75, 3.05) is 19.0 Å². The summed E-state index contributed by atoms with van der Waals surface area (Å²) in [7, 11) is 1.35. The highest BCUT2D eigenvalue weighted by Gasteiger charge is 2.40. The summed E-state index contributed by atoms with van der Waals surface area (Å²) in [5.74, 6) is -1.89. The molecule has 2 N–H and O–H groups in total. The summed E-state index contributed by atoms with van der Waals surface area (Å²) >= 11 is 1.01. The highest BCUT2D eigenvalue weighted by atomic mass is 32.1. The molecule has 11 heteroatoms. The first kappa shape index (κ1) is 34.4. The van der Waals surface area contributed by atoms with Gasteiger partial charge in [-0.05, 0) is 91.7 Å². The number of nitrogens with one attached hydrogen (secondary N) is 2. The molecule has 3 aromatic carbocycles. The van der Waals surface area contributed by atoms with Crippen molar-refractivity contribution >= 4 is 45.8 Å². The Morgan fingerprint density at radius 1 is 0.980 bits per heavy atom. The topological polar surface area (TPSA) is 116 Å². The minimum atomic E-state index is -0.694. The van der Waals surface area contributed by atoms with Crippen molar-refractivity contribution < 1.29 is 33.0 Å². The van der Waals surface area contributed by atoms with Gasteiger partial charge in [-0.3, -0.25) is 14.4 Å². The molecule has 6 rings (SSSR count). The zero-order valence-corrected chi connectivity index (χ0v) is 29.1. The Bertz CT molecular complexity index is 1870. The van der Waals surface area contributed by atoms with Gasteiger partial charge in [0.05, 0.1) is 35.6 Å². The molecule has 2 aliphatic carbocycles. The van der Waals surface area contributed by atoms with Crippen LogP contribution in [0.3, 0.4) is 0 Å². The molecule has 258 valence electrons. The molecule has 2 fully saturated rings. The van der Waals surface area contributed by atoms with Crippen LogP contribution in [0.15, 0.2) is 54.6 Å². The van der Waals surface area contributed by atoms with Gasteiger partial charge in [0.15, 0.2) is 11.6 Å². The van der Waals surface area contributed by atoms with E-state index >= 15 is 4.39 Å². The van der Waals surface area contributed by atoms with E-state index in [0.29, 0.717) is 48.5 Å². The number of methoxy groups -OCH3 is 1. The number of ether oxygens (including phenoxy) is 3. The fraction of sp³-hybridized carbons (Fsp3) is 0.421. The number of benzene rings is 3. The van der Waals surface area contributed by atoms with Crippen molar-refractivity contribution in [3.8, 4) is 11.5 Å². The molecule has 0 spiro atoms. The van der Waals surface area contributed by atoms with E-state index < -0.39 is 17.1 Å². The van der Waals surface area contributed by atoms with Crippen LogP contribution in [0.25, 0.3) is 10.8 Å². The minimum Gasteiger partial charge on any atom is -0.496 e. The number of halogens is 1. The number of rotatable bonds is 11. The SMILES string of the molecule is COc1cc(F)c(OC2CCC(C)(C(=O)OCc3cccc4ccccc34)CC2)cc1C(=O)Nc1c(C)nsc1C(=O)NCC1(C)CCC1.